The van der Waals surface area contributed by atoms with Crippen LogP contribution in [0, 0.1) is 29.6 Å². The molecule has 1 N–H and O–H groups in total. The molecule has 0 spiro atoms. The van der Waals surface area contributed by atoms with Crippen LogP contribution in [0.5, 0.6) is 0 Å². The first-order valence-corrected chi connectivity index (χ1v) is 26.8. The summed E-state index contributed by atoms with van der Waals surface area (Å²) in [7, 11) is 0. The van der Waals surface area contributed by atoms with Gasteiger partial charge in [0.1, 0.15) is 6.17 Å². The summed E-state index contributed by atoms with van der Waals surface area (Å²) in [6.07, 6.45) is 1.47. The number of fused-ring (bicyclic) bond motifs is 3. The second kappa shape index (κ2) is 21.2. The van der Waals surface area contributed by atoms with Crippen molar-refractivity contribution in [2.45, 2.75) is 13.1 Å². The van der Waals surface area contributed by atoms with E-state index in [-0.39, 0.29) is 0 Å². The molecule has 80 heavy (non-hydrogen) atoms. The lowest BCUT2D eigenvalue weighted by atomic mass is 9.96. The van der Waals surface area contributed by atoms with E-state index in [2.05, 4.69) is 263 Å². The number of allylic oxidation sites excluding steroid dienone is 1. The second-order valence-corrected chi connectivity index (χ2v) is 19.9. The normalized spacial score (nSPS) is 12.9. The average molecular weight is 1030 g/mol. The van der Waals surface area contributed by atoms with E-state index in [9.17, 15) is 10.5 Å². The molecule has 0 aliphatic carbocycles. The average Bonchev–Trinajstić information content (AvgIpc) is 3.85. The lowest BCUT2D eigenvalue weighted by molar-refractivity contribution is 0.662. The van der Waals surface area contributed by atoms with Gasteiger partial charge in [-0.15, -0.1) is 0 Å². The van der Waals surface area contributed by atoms with Crippen LogP contribution < -0.4 is 15.1 Å². The zero-order valence-corrected chi connectivity index (χ0v) is 43.8. The SMILES string of the molecule is Cc1cc(-c2ccc(-c3ccc(C4=CC(c5ccccc5C#N)=NC(c5ccccc5C#N)N4)cc3)cc2)ccc1-n1c2ccc(N(c3ccccc3)c3ccccc3)cc2c2cc(N(c3ccccc3)c3ccccc3)ccc21. The predicted octanol–water partition coefficient (Wildman–Crippen LogP) is 18.2. The van der Waals surface area contributed by atoms with Crippen LogP contribution in [0.25, 0.3) is 55.4 Å². The molecule has 378 valence electrons. The zero-order chi connectivity index (χ0) is 53.9. The topological polar surface area (TPSA) is 83.4 Å². The van der Waals surface area contributed by atoms with E-state index in [0.717, 1.165) is 112 Å². The standard InChI is InChI=1S/C73H51N7/c1-50-44-55(53-32-30-51(31-33-53)52-34-36-54(37-35-52)68-47-69(64-28-16-14-18-56(64)48-74)77-73(76-68)65-29-17-15-19-57(65)49-75)38-41-70(50)80-71-42-39-62(78(58-20-6-2-7-21-58)59-22-8-3-9-23-59)45-66(71)67-46-63(40-43-72(67)80)79(60-24-10-4-11-25-60)61-26-12-5-13-27-61/h2-47,73,76H,1H3. The number of nitrogens with one attached hydrogen (secondary N) is 1. The Kier molecular flexibility index (Phi) is 12.9. The summed E-state index contributed by atoms with van der Waals surface area (Å²) in [4.78, 5) is 9.70. The fourth-order valence-electron chi connectivity index (χ4n) is 11.2. The maximum absolute atomic E-state index is 10.00. The molecule has 12 aromatic rings. The number of aryl methyl sites for hydroxylation is 1. The Morgan fingerprint density at radius 1 is 0.412 bits per heavy atom. The van der Waals surface area contributed by atoms with Crippen LogP contribution in [0.1, 0.15) is 39.5 Å². The minimum absolute atomic E-state index is 0.519. The molecule has 0 fully saturated rings. The van der Waals surface area contributed by atoms with Crippen LogP contribution in [-0.2, 0) is 0 Å². The van der Waals surface area contributed by atoms with Crippen LogP contribution in [0.15, 0.2) is 284 Å². The zero-order valence-electron chi connectivity index (χ0n) is 43.8. The lowest BCUT2D eigenvalue weighted by Gasteiger charge is -2.26. The molecule has 7 heteroatoms. The molecule has 7 nitrogen and oxygen atoms in total. The second-order valence-electron chi connectivity index (χ2n) is 19.9. The first-order chi connectivity index (χ1) is 39.5. The monoisotopic (exact) mass is 1030 g/mol. The molecule has 1 unspecified atom stereocenters. The third-order valence-electron chi connectivity index (χ3n) is 15.0. The van der Waals surface area contributed by atoms with E-state index in [4.69, 9.17) is 4.99 Å². The highest BCUT2D eigenvalue weighted by molar-refractivity contribution is 6.15. The number of para-hydroxylation sites is 4. The van der Waals surface area contributed by atoms with Gasteiger partial charge in [-0.1, -0.05) is 164 Å². The van der Waals surface area contributed by atoms with Crippen molar-refractivity contribution in [3.8, 4) is 40.1 Å². The summed E-state index contributed by atoms with van der Waals surface area (Å²) in [6, 6.07) is 99.9. The van der Waals surface area contributed by atoms with E-state index < -0.39 is 6.17 Å². The number of benzene rings is 11. The fraction of sp³-hybridized carbons (Fsp3) is 0.0274. The third kappa shape index (κ3) is 9.21. The van der Waals surface area contributed by atoms with Crippen molar-refractivity contribution < 1.29 is 0 Å². The quantitative estimate of drug-likeness (QED) is 0.132. The summed E-state index contributed by atoms with van der Waals surface area (Å²) in [5.74, 6) is 0. The Bertz CT molecular complexity index is 4180. The maximum Gasteiger partial charge on any atom is 0.146 e. The number of anilines is 6. The van der Waals surface area contributed by atoms with Gasteiger partial charge >= 0.3 is 0 Å². The minimum atomic E-state index is -0.519. The molecule has 0 amide bonds. The number of rotatable bonds is 12. The molecule has 13 rings (SSSR count). The van der Waals surface area contributed by atoms with Crippen LogP contribution in [0.2, 0.25) is 0 Å². The third-order valence-corrected chi connectivity index (χ3v) is 15.0. The number of nitriles is 2. The highest BCUT2D eigenvalue weighted by Crippen LogP contribution is 2.44. The van der Waals surface area contributed by atoms with Crippen molar-refractivity contribution in [2.75, 3.05) is 9.80 Å². The Balaban J connectivity index is 0.844. The molecule has 0 saturated carbocycles. The molecular weight excluding hydrogens is 975 g/mol. The maximum atomic E-state index is 10.00. The van der Waals surface area contributed by atoms with Crippen LogP contribution >= 0.6 is 0 Å². The first kappa shape index (κ1) is 48.6. The van der Waals surface area contributed by atoms with Crippen molar-refractivity contribution in [3.05, 3.63) is 312 Å². The molecule has 0 saturated heterocycles. The van der Waals surface area contributed by atoms with Gasteiger partial charge in [0.05, 0.1) is 40.0 Å². The molecular formula is C73H51N7. The number of aliphatic imine (C=N–C) groups is 1. The predicted molar refractivity (Wildman–Crippen MR) is 328 cm³/mol. The molecule has 1 aliphatic heterocycles. The molecule has 11 aromatic carbocycles. The van der Waals surface area contributed by atoms with E-state index in [0.29, 0.717) is 16.8 Å². The van der Waals surface area contributed by atoms with Crippen molar-refractivity contribution in [1.29, 1.82) is 10.5 Å². The highest BCUT2D eigenvalue weighted by atomic mass is 15.2. The first-order valence-electron chi connectivity index (χ1n) is 26.8. The minimum Gasteiger partial charge on any atom is -0.359 e. The van der Waals surface area contributed by atoms with Gasteiger partial charge in [-0.05, 0) is 156 Å². The molecule has 1 aromatic heterocycles. The molecule has 2 heterocycles. The van der Waals surface area contributed by atoms with E-state index in [1.807, 2.05) is 42.5 Å². The number of hydrogen-bond donors (Lipinski definition) is 1. The Hall–Kier alpha value is -11.0. The number of nitrogens with zero attached hydrogens (tertiary/aromatic N) is 6. The van der Waals surface area contributed by atoms with Crippen molar-refractivity contribution >= 4 is 67.3 Å². The summed E-state index contributed by atoms with van der Waals surface area (Å²) in [5.41, 5.74) is 20.6. The van der Waals surface area contributed by atoms with Crippen LogP contribution in [0.4, 0.5) is 34.1 Å². The Labute approximate surface area is 465 Å². The summed E-state index contributed by atoms with van der Waals surface area (Å²) in [5, 5.41) is 25.9. The van der Waals surface area contributed by atoms with Crippen molar-refractivity contribution in [3.63, 3.8) is 0 Å². The van der Waals surface area contributed by atoms with Gasteiger partial charge in [0.15, 0.2) is 0 Å². The van der Waals surface area contributed by atoms with Gasteiger partial charge in [-0.25, -0.2) is 0 Å². The van der Waals surface area contributed by atoms with Crippen molar-refractivity contribution in [1.82, 2.24) is 9.88 Å². The highest BCUT2D eigenvalue weighted by Gasteiger charge is 2.24. The summed E-state index contributed by atoms with van der Waals surface area (Å²) in [6.45, 7) is 2.21. The molecule has 0 radical (unpaired) electrons. The van der Waals surface area contributed by atoms with Crippen LogP contribution in [0.3, 0.4) is 0 Å². The van der Waals surface area contributed by atoms with E-state index >= 15 is 0 Å². The summed E-state index contributed by atoms with van der Waals surface area (Å²) >= 11 is 0. The Morgan fingerprint density at radius 3 is 1.32 bits per heavy atom. The van der Waals surface area contributed by atoms with Crippen LogP contribution in [-0.4, -0.2) is 10.3 Å². The van der Waals surface area contributed by atoms with Gasteiger partial charge in [-0.3, -0.25) is 4.99 Å². The van der Waals surface area contributed by atoms with E-state index in [1.54, 1.807) is 12.1 Å². The Morgan fingerprint density at radius 2 is 0.838 bits per heavy atom. The van der Waals surface area contributed by atoms with E-state index in [1.165, 1.54) is 0 Å². The van der Waals surface area contributed by atoms with Gasteiger partial charge < -0.3 is 19.7 Å². The molecule has 0 bridgehead atoms. The summed E-state index contributed by atoms with van der Waals surface area (Å²) < 4.78 is 2.43. The number of aromatic nitrogens is 1. The molecule has 1 atom stereocenters. The van der Waals surface area contributed by atoms with Gasteiger partial charge in [0.25, 0.3) is 0 Å². The van der Waals surface area contributed by atoms with Gasteiger partial charge in [0.2, 0.25) is 0 Å². The molecule has 1 aliphatic rings. The largest absolute Gasteiger partial charge is 0.359 e. The smallest absolute Gasteiger partial charge is 0.146 e. The van der Waals surface area contributed by atoms with Gasteiger partial charge in [-0.2, -0.15) is 10.5 Å². The van der Waals surface area contributed by atoms with Gasteiger partial charge in [0, 0.05) is 67.4 Å². The van der Waals surface area contributed by atoms with Crippen molar-refractivity contribution in [2.24, 2.45) is 4.99 Å². The fourth-order valence-corrected chi connectivity index (χ4v) is 11.2. The lowest BCUT2D eigenvalue weighted by Crippen LogP contribution is -2.25. The number of hydrogen-bond acceptors (Lipinski definition) is 6.